The van der Waals surface area contributed by atoms with Gasteiger partial charge < -0.3 is 85.6 Å². The van der Waals surface area contributed by atoms with Crippen LogP contribution in [0.15, 0.2) is 52.9 Å². The van der Waals surface area contributed by atoms with Crippen LogP contribution < -0.4 is 97.1 Å². The van der Waals surface area contributed by atoms with E-state index in [-0.39, 0.29) is 15.8 Å². The van der Waals surface area contributed by atoms with E-state index in [9.17, 15) is 8.42 Å². The number of sulfone groups is 1. The van der Waals surface area contributed by atoms with E-state index >= 15 is 0 Å². The number of hydrogen-bond acceptors (Lipinski definition) is 21. The maximum Gasteiger partial charge on any atom is 0.210 e. The normalized spacial score (nSPS) is 14.8. The number of nitrogens with zero attached hydrogens (tertiary/aromatic N) is 1. The van der Waals surface area contributed by atoms with Crippen molar-refractivity contribution in [1.82, 2.24) is 4.98 Å². The van der Waals surface area contributed by atoms with Crippen molar-refractivity contribution in [3.05, 3.63) is 54.1 Å². The lowest BCUT2D eigenvalue weighted by molar-refractivity contribution is -0.0313. The largest absolute Gasteiger partial charge is 0.353 e. The van der Waals surface area contributed by atoms with Gasteiger partial charge in [-0.25, -0.2) is 13.4 Å². The van der Waals surface area contributed by atoms with Crippen LogP contribution in [-0.2, 0) is 15.6 Å². The number of fused-ring (bicyclic) bond motifs is 1. The van der Waals surface area contributed by atoms with Crippen LogP contribution >= 0.6 is 11.3 Å². The van der Waals surface area contributed by atoms with E-state index in [2.05, 4.69) is 10.3 Å². The van der Waals surface area contributed by atoms with Gasteiger partial charge in [0.15, 0.2) is 11.4 Å². The van der Waals surface area contributed by atoms with Gasteiger partial charge in [-0.15, -0.1) is 11.3 Å². The minimum Gasteiger partial charge on any atom is -0.353 e. The van der Waals surface area contributed by atoms with Crippen LogP contribution in [0, 0.1) is 0 Å². The highest BCUT2D eigenvalue weighted by Gasteiger charge is 2.71. The Bertz CT molecular complexity index is 1560. The predicted octanol–water partition coefficient (Wildman–Crippen LogP) is -7.82. The lowest BCUT2D eigenvalue weighted by Gasteiger charge is -2.63. The fourth-order valence-electron chi connectivity index (χ4n) is 4.29. The summed E-state index contributed by atoms with van der Waals surface area (Å²) in [5.74, 6) is -2.78. The van der Waals surface area contributed by atoms with Gasteiger partial charge in [-0.1, -0.05) is 24.3 Å². The van der Waals surface area contributed by atoms with E-state index in [0.29, 0.717) is 11.1 Å². The number of hydrogen-bond donors (Lipinski definition) is 17. The van der Waals surface area contributed by atoms with Gasteiger partial charge >= 0.3 is 0 Å². The highest BCUT2D eigenvalue weighted by atomic mass is 32.2. The molecule has 0 unspecified atom stereocenters. The Morgan fingerprint density at radius 3 is 1.66 bits per heavy atom. The molecule has 1 heterocycles. The number of thiazole rings is 1. The quantitative estimate of drug-likeness (QED) is 0.0804. The van der Waals surface area contributed by atoms with Crippen molar-refractivity contribution >= 4 is 37.1 Å². The Labute approximate surface area is 257 Å². The molecule has 0 saturated carbocycles. The Balaban J connectivity index is 1.87. The van der Waals surface area contributed by atoms with E-state index in [1.165, 1.54) is 24.3 Å². The molecule has 33 N–H and O–H groups in total. The molecule has 0 aliphatic rings. The lowest BCUT2D eigenvalue weighted by atomic mass is 9.66. The van der Waals surface area contributed by atoms with E-state index in [1.807, 2.05) is 0 Å². The van der Waals surface area contributed by atoms with E-state index in [0.717, 1.165) is 16.0 Å². The van der Waals surface area contributed by atoms with E-state index in [1.54, 1.807) is 24.3 Å². The third-order valence-electron chi connectivity index (χ3n) is 7.89. The van der Waals surface area contributed by atoms with Crippen molar-refractivity contribution < 1.29 is 8.42 Å². The van der Waals surface area contributed by atoms with Crippen molar-refractivity contribution in [3.63, 3.8) is 0 Å². The molecule has 0 aliphatic carbocycles. The van der Waals surface area contributed by atoms with Crippen LogP contribution in [-0.4, -0.2) is 59.3 Å². The highest BCUT2D eigenvalue weighted by Crippen LogP contribution is 2.32. The number of nitrogens with two attached hydrogens (primary N) is 16. The van der Waals surface area contributed by atoms with Gasteiger partial charge in [-0.2, -0.15) is 0 Å². The van der Waals surface area contributed by atoms with Gasteiger partial charge in [0.1, 0.15) is 28.3 Å². The Morgan fingerprint density at radius 2 is 1.16 bits per heavy atom. The first-order chi connectivity index (χ1) is 19.7. The molecule has 3 aromatic rings. The zero-order chi connectivity index (χ0) is 33.9. The first-order valence-electron chi connectivity index (χ1n) is 12.7. The van der Waals surface area contributed by atoms with Crippen LogP contribution in [0.1, 0.15) is 5.56 Å². The number of anilines is 1. The third kappa shape index (κ3) is 5.55. The summed E-state index contributed by atoms with van der Waals surface area (Å²) in [7, 11) is -3.77. The molecule has 0 fully saturated rings. The van der Waals surface area contributed by atoms with Gasteiger partial charge in [-0.05, 0) is 29.8 Å². The average Bonchev–Trinajstić information content (AvgIpc) is 3.34. The summed E-state index contributed by atoms with van der Waals surface area (Å²) in [6.07, 6.45) is -1.60. The molecule has 2 aromatic carbocycles. The van der Waals surface area contributed by atoms with E-state index in [4.69, 9.17) is 91.7 Å². The summed E-state index contributed by atoms with van der Waals surface area (Å²) in [5.41, 5.74) is 82.7. The minimum absolute atomic E-state index is 0.0148. The maximum absolute atomic E-state index is 13.0. The number of nitrogens with one attached hydrogen (secondary N) is 1. The number of para-hydroxylation sites is 1. The topological polar surface area (TPSA) is 475 Å². The SMILES string of the molecule is NC(N)C(N)(N)C(N)(N)C(N)(N)C(N)(N)C(N)(N)C(N)(N)C(N)(N)Nc1ccc(CS(=O)(=O)c2nc3ccccc3s2)cc1. The van der Waals surface area contributed by atoms with E-state index < -0.39 is 55.8 Å². The molecule has 1 aromatic heterocycles. The maximum atomic E-state index is 13.0. The molecule has 3 rings (SSSR count). The first kappa shape index (κ1) is 35.9. The van der Waals surface area contributed by atoms with Crippen LogP contribution in [0.4, 0.5) is 5.69 Å². The van der Waals surface area contributed by atoms with Crippen LogP contribution in [0.3, 0.4) is 0 Å². The Kier molecular flexibility index (Phi) is 9.02. The standard InChI is InChI=1S/C22H44N18O2S2/c23-14(24)16(25,26)17(27,28)18(29,30)19(31,32)20(33,34)21(35,36)22(37,38)40-11-7-5-10(6-8-11)9-44(41,42)15-39-12-3-1-2-4-13(12)43-15/h1-8,14,40H,9,23-38H2. The molecule has 44 heavy (non-hydrogen) atoms. The monoisotopic (exact) mass is 656 g/mol. The van der Waals surface area contributed by atoms with Crippen LogP contribution in [0.2, 0.25) is 0 Å². The molecule has 246 valence electrons. The number of benzene rings is 2. The first-order valence-corrected chi connectivity index (χ1v) is 15.1. The van der Waals surface area contributed by atoms with Crippen molar-refractivity contribution in [3.8, 4) is 0 Å². The highest BCUT2D eigenvalue weighted by molar-refractivity contribution is 7.92. The molecule has 22 heteroatoms. The molecule has 20 nitrogen and oxygen atoms in total. The fourth-order valence-corrected chi connectivity index (χ4v) is 6.94. The fraction of sp³-hybridized carbons (Fsp3) is 0.409. The third-order valence-corrected chi connectivity index (χ3v) is 11.1. The second-order valence-electron chi connectivity index (χ2n) is 11.2. The zero-order valence-corrected chi connectivity index (χ0v) is 25.4. The van der Waals surface area contributed by atoms with Gasteiger partial charge in [0, 0.05) is 5.69 Å². The molecule has 0 spiro atoms. The molecular weight excluding hydrogens is 613 g/mol. The van der Waals surface area contributed by atoms with Gasteiger partial charge in [0.25, 0.3) is 0 Å². The van der Waals surface area contributed by atoms with Crippen LogP contribution in [0.25, 0.3) is 10.2 Å². The summed E-state index contributed by atoms with van der Waals surface area (Å²) in [4.78, 5) is 4.22. The molecule has 0 amide bonds. The predicted molar refractivity (Wildman–Crippen MR) is 170 cm³/mol. The Hall–Kier alpha value is -2.56. The molecule has 0 aliphatic heterocycles. The molecule has 0 atom stereocenters. The summed E-state index contributed by atoms with van der Waals surface area (Å²) in [6.45, 7) is 0. The smallest absolute Gasteiger partial charge is 0.210 e. The average molecular weight is 657 g/mol. The van der Waals surface area contributed by atoms with Crippen molar-refractivity contribution in [1.29, 1.82) is 0 Å². The summed E-state index contributed by atoms with van der Waals surface area (Å²) < 4.78 is 26.8. The number of aromatic nitrogens is 1. The second kappa shape index (κ2) is 11.1. The Morgan fingerprint density at radius 1 is 0.682 bits per heavy atom. The molecule has 0 radical (unpaired) electrons. The lowest BCUT2D eigenvalue weighted by Crippen LogP contribution is -3.07. The molecule has 0 saturated heterocycles. The second-order valence-corrected chi connectivity index (χ2v) is 14.4. The molecular formula is C22H44N18O2S2. The summed E-state index contributed by atoms with van der Waals surface area (Å²) >= 11 is 1.07. The van der Waals surface area contributed by atoms with Gasteiger partial charge in [0.05, 0.1) is 22.1 Å². The van der Waals surface area contributed by atoms with Crippen molar-refractivity contribution in [2.45, 2.75) is 56.0 Å². The van der Waals surface area contributed by atoms with Crippen LogP contribution in [0.5, 0.6) is 0 Å². The zero-order valence-electron chi connectivity index (χ0n) is 23.7. The van der Waals surface area contributed by atoms with Crippen molar-refractivity contribution in [2.75, 3.05) is 5.32 Å². The summed E-state index contributed by atoms with van der Waals surface area (Å²) in [5, 5.41) is 2.66. The van der Waals surface area contributed by atoms with Crippen molar-refractivity contribution in [2.24, 2.45) is 91.7 Å². The summed E-state index contributed by atoms with van der Waals surface area (Å²) in [6, 6.07) is 13.0. The minimum atomic E-state index is -3.77. The molecule has 0 bridgehead atoms. The van der Waals surface area contributed by atoms with Gasteiger partial charge in [0.2, 0.25) is 14.2 Å². The number of rotatable bonds is 12. The van der Waals surface area contributed by atoms with Gasteiger partial charge in [-0.3, -0.25) is 11.5 Å².